The molecule has 0 unspecified atom stereocenters. The zero-order valence-electron chi connectivity index (χ0n) is 13.3. The van der Waals surface area contributed by atoms with Crippen LogP contribution in [0.2, 0.25) is 15.2 Å². The Hall–Kier alpha value is -1.70. The van der Waals surface area contributed by atoms with Crippen molar-refractivity contribution in [2.24, 2.45) is 0 Å². The first kappa shape index (κ1) is 19.1. The first-order valence-corrected chi connectivity index (χ1v) is 8.63. The molecular weight excluding hydrogens is 411 g/mol. The number of benzene rings is 1. The summed E-state index contributed by atoms with van der Waals surface area (Å²) in [5.41, 5.74) is 0.837. The highest BCUT2D eigenvalue weighted by molar-refractivity contribution is 6.37. The molecule has 0 atom stereocenters. The van der Waals surface area contributed by atoms with Crippen LogP contribution in [0.3, 0.4) is 0 Å². The van der Waals surface area contributed by atoms with Crippen molar-refractivity contribution in [2.45, 2.75) is 31.6 Å². The number of ether oxygens (including phenoxy) is 1. The highest BCUT2D eigenvalue weighted by Gasteiger charge is 2.46. The number of nitrogens with zero attached hydrogens (tertiary/aromatic N) is 2. The fraction of sp³-hybridized carbons (Fsp3) is 0.312. The van der Waals surface area contributed by atoms with Crippen LogP contribution in [0.25, 0.3) is 0 Å². The molecule has 138 valence electrons. The van der Waals surface area contributed by atoms with E-state index in [2.05, 4.69) is 15.5 Å². The fourth-order valence-electron chi connectivity index (χ4n) is 2.63. The van der Waals surface area contributed by atoms with Gasteiger partial charge in [-0.15, -0.1) is 10.2 Å². The molecule has 10 heteroatoms. The lowest BCUT2D eigenvalue weighted by molar-refractivity contribution is -0.114. The summed E-state index contributed by atoms with van der Waals surface area (Å²) in [6.45, 7) is 1.35. The molecule has 1 heterocycles. The SMILES string of the molecule is CC(=O)Nc1cc(Cl)c(Oc2cc(C3CC(F)(F)C3)c(Cl)nn2)c(Cl)c1. The van der Waals surface area contributed by atoms with Crippen molar-refractivity contribution in [3.05, 3.63) is 39.0 Å². The van der Waals surface area contributed by atoms with Gasteiger partial charge in [0.25, 0.3) is 0 Å². The minimum Gasteiger partial charge on any atom is -0.434 e. The van der Waals surface area contributed by atoms with Crippen molar-refractivity contribution in [3.63, 3.8) is 0 Å². The first-order chi connectivity index (χ1) is 12.1. The van der Waals surface area contributed by atoms with Crippen molar-refractivity contribution >= 4 is 46.4 Å². The van der Waals surface area contributed by atoms with Crippen molar-refractivity contribution in [1.82, 2.24) is 10.2 Å². The average Bonchev–Trinajstić information content (AvgIpc) is 2.49. The van der Waals surface area contributed by atoms with E-state index < -0.39 is 11.8 Å². The summed E-state index contributed by atoms with van der Waals surface area (Å²) < 4.78 is 31.8. The van der Waals surface area contributed by atoms with Gasteiger partial charge in [-0.3, -0.25) is 4.79 Å². The Balaban J connectivity index is 1.84. The van der Waals surface area contributed by atoms with Crippen LogP contribution in [0.4, 0.5) is 14.5 Å². The molecule has 1 aromatic heterocycles. The number of alkyl halides is 2. The Kier molecular flexibility index (Phi) is 5.23. The van der Waals surface area contributed by atoms with Crippen molar-refractivity contribution in [1.29, 1.82) is 0 Å². The maximum Gasteiger partial charge on any atom is 0.249 e. The third-order valence-electron chi connectivity index (χ3n) is 3.81. The number of rotatable bonds is 4. The summed E-state index contributed by atoms with van der Waals surface area (Å²) in [7, 11) is 0. The third kappa shape index (κ3) is 4.16. The summed E-state index contributed by atoms with van der Waals surface area (Å²) in [5.74, 6) is -3.26. The predicted octanol–water partition coefficient (Wildman–Crippen LogP) is 5.70. The third-order valence-corrected chi connectivity index (χ3v) is 4.66. The number of halogens is 5. The van der Waals surface area contributed by atoms with E-state index >= 15 is 0 Å². The van der Waals surface area contributed by atoms with Gasteiger partial charge in [-0.25, -0.2) is 8.78 Å². The largest absolute Gasteiger partial charge is 0.434 e. The second kappa shape index (κ2) is 7.13. The van der Waals surface area contributed by atoms with Gasteiger partial charge in [0, 0.05) is 37.1 Å². The van der Waals surface area contributed by atoms with Gasteiger partial charge in [-0.2, -0.15) is 0 Å². The molecule has 1 amide bonds. The standard InChI is InChI=1S/C16H12Cl3F2N3O2/c1-7(25)22-9-2-11(17)14(12(18)3-9)26-13-4-10(15(19)24-23-13)8-5-16(20,21)6-8/h2-4,8H,5-6H2,1H3,(H,22,25). The van der Waals surface area contributed by atoms with Crippen molar-refractivity contribution < 1.29 is 18.3 Å². The van der Waals surface area contributed by atoms with Crippen molar-refractivity contribution in [3.8, 4) is 11.6 Å². The lowest BCUT2D eigenvalue weighted by atomic mass is 9.77. The second-order valence-electron chi connectivity index (χ2n) is 5.94. The molecule has 0 aliphatic heterocycles. The fourth-order valence-corrected chi connectivity index (χ4v) is 3.44. The zero-order valence-corrected chi connectivity index (χ0v) is 15.6. The summed E-state index contributed by atoms with van der Waals surface area (Å²) >= 11 is 18.3. The Bertz CT molecular complexity index is 849. The van der Waals surface area contributed by atoms with Gasteiger partial charge in [0.15, 0.2) is 10.9 Å². The van der Waals surface area contributed by atoms with Gasteiger partial charge in [0.2, 0.25) is 17.7 Å². The molecule has 0 saturated heterocycles. The molecule has 1 aliphatic carbocycles. The molecule has 1 aromatic carbocycles. The normalized spacial score (nSPS) is 16.1. The Labute approximate surface area is 162 Å². The van der Waals surface area contributed by atoms with Crippen LogP contribution in [0.5, 0.6) is 11.6 Å². The van der Waals surface area contributed by atoms with E-state index in [4.69, 9.17) is 39.5 Å². The zero-order chi connectivity index (χ0) is 19.1. The summed E-state index contributed by atoms with van der Waals surface area (Å²) in [5, 5.41) is 10.4. The predicted molar refractivity (Wildman–Crippen MR) is 94.8 cm³/mol. The van der Waals surface area contributed by atoms with Crippen LogP contribution in [-0.2, 0) is 4.79 Å². The minimum absolute atomic E-state index is 0.0238. The Morgan fingerprint density at radius 1 is 1.19 bits per heavy atom. The van der Waals surface area contributed by atoms with Gasteiger partial charge in [0.1, 0.15) is 0 Å². The van der Waals surface area contributed by atoms with E-state index in [0.717, 1.165) is 0 Å². The molecule has 26 heavy (non-hydrogen) atoms. The van der Waals surface area contributed by atoms with E-state index in [1.54, 1.807) is 0 Å². The van der Waals surface area contributed by atoms with Crippen LogP contribution < -0.4 is 10.1 Å². The summed E-state index contributed by atoms with van der Waals surface area (Å²) in [6, 6.07) is 4.37. The van der Waals surface area contributed by atoms with Crippen LogP contribution in [-0.4, -0.2) is 22.0 Å². The molecule has 1 aliphatic rings. The van der Waals surface area contributed by atoms with Crippen LogP contribution in [0, 0.1) is 0 Å². The second-order valence-corrected chi connectivity index (χ2v) is 7.11. The van der Waals surface area contributed by atoms with Gasteiger partial charge in [-0.05, 0) is 18.1 Å². The molecule has 1 saturated carbocycles. The number of carbonyl (C=O) groups is 1. The smallest absolute Gasteiger partial charge is 0.249 e. The van der Waals surface area contributed by atoms with Crippen LogP contribution >= 0.6 is 34.8 Å². The molecule has 1 N–H and O–H groups in total. The van der Waals surface area contributed by atoms with Crippen LogP contribution in [0.1, 0.15) is 31.2 Å². The number of hydrogen-bond acceptors (Lipinski definition) is 4. The number of hydrogen-bond donors (Lipinski definition) is 1. The van der Waals surface area contributed by atoms with Gasteiger partial charge in [-0.1, -0.05) is 34.8 Å². The van der Waals surface area contributed by atoms with E-state index in [1.807, 2.05) is 0 Å². The van der Waals surface area contributed by atoms with E-state index in [9.17, 15) is 13.6 Å². The van der Waals surface area contributed by atoms with Crippen LogP contribution in [0.15, 0.2) is 18.2 Å². The lowest BCUT2D eigenvalue weighted by Crippen LogP contribution is -2.33. The summed E-state index contributed by atoms with van der Waals surface area (Å²) in [6.07, 6.45) is -0.602. The number of anilines is 1. The lowest BCUT2D eigenvalue weighted by Gasteiger charge is -2.35. The monoisotopic (exact) mass is 421 g/mol. The van der Waals surface area contributed by atoms with Crippen molar-refractivity contribution in [2.75, 3.05) is 5.32 Å². The highest BCUT2D eigenvalue weighted by atomic mass is 35.5. The van der Waals surface area contributed by atoms with E-state index in [-0.39, 0.29) is 45.6 Å². The quantitative estimate of drug-likeness (QED) is 0.686. The maximum absolute atomic E-state index is 13.1. The minimum atomic E-state index is -2.69. The van der Waals surface area contributed by atoms with Gasteiger partial charge >= 0.3 is 0 Å². The van der Waals surface area contributed by atoms with E-state index in [1.165, 1.54) is 25.1 Å². The molecule has 1 fully saturated rings. The maximum atomic E-state index is 13.1. The Morgan fingerprint density at radius 3 is 2.35 bits per heavy atom. The topological polar surface area (TPSA) is 64.1 Å². The highest BCUT2D eigenvalue weighted by Crippen LogP contribution is 2.50. The molecule has 3 rings (SSSR count). The molecule has 0 spiro atoms. The van der Waals surface area contributed by atoms with Gasteiger partial charge < -0.3 is 10.1 Å². The van der Waals surface area contributed by atoms with E-state index in [0.29, 0.717) is 11.3 Å². The number of nitrogens with one attached hydrogen (secondary N) is 1. The number of carbonyl (C=O) groups excluding carboxylic acids is 1. The number of aromatic nitrogens is 2. The Morgan fingerprint density at radius 2 is 1.81 bits per heavy atom. The first-order valence-electron chi connectivity index (χ1n) is 7.50. The van der Waals surface area contributed by atoms with Gasteiger partial charge in [0.05, 0.1) is 10.0 Å². The molecule has 0 radical (unpaired) electrons. The average molecular weight is 423 g/mol. The molecule has 2 aromatic rings. The molecule has 0 bridgehead atoms. The summed E-state index contributed by atoms with van der Waals surface area (Å²) in [4.78, 5) is 11.1. The molecular formula is C16H12Cl3F2N3O2. The number of amides is 1. The molecule has 5 nitrogen and oxygen atoms in total.